The molecule has 9 nitrogen and oxygen atoms in total. The van der Waals surface area contributed by atoms with E-state index in [4.69, 9.17) is 5.73 Å². The van der Waals surface area contributed by atoms with Gasteiger partial charge in [0.25, 0.3) is 11.5 Å². The molecule has 0 radical (unpaired) electrons. The van der Waals surface area contributed by atoms with Gasteiger partial charge in [-0.3, -0.25) is 19.3 Å². The molecular weight excluding hydrogens is 504 g/mol. The van der Waals surface area contributed by atoms with Crippen LogP contribution < -0.4 is 22.3 Å². The van der Waals surface area contributed by atoms with Crippen molar-refractivity contribution in [2.75, 3.05) is 5.73 Å². The predicted molar refractivity (Wildman–Crippen MR) is 156 cm³/mol. The van der Waals surface area contributed by atoms with Crippen LogP contribution in [0, 0.1) is 6.92 Å². The Morgan fingerprint density at radius 3 is 2.45 bits per heavy atom. The van der Waals surface area contributed by atoms with E-state index in [0.717, 1.165) is 29.7 Å². The second-order valence-electron chi connectivity index (χ2n) is 9.83. The smallest absolute Gasteiger partial charge is 0.326 e. The zero-order valence-electron chi connectivity index (χ0n) is 22.3. The Balaban J connectivity index is 1.25. The van der Waals surface area contributed by atoms with Gasteiger partial charge in [-0.05, 0) is 54.2 Å². The number of anilines is 1. The van der Waals surface area contributed by atoms with E-state index in [2.05, 4.69) is 70.9 Å². The fourth-order valence-electron chi connectivity index (χ4n) is 4.55. The SMILES string of the molecule is Cc1ccc(-c2cccc(CCn3cc(-c4cccc([C@@H](C)NC(=O)c5[nH]c(=O)[nH]c(=O)c5N)c4)cn3)c2)cc1. The zero-order chi connectivity index (χ0) is 28.2. The Hall–Kier alpha value is -5.18. The molecule has 0 saturated heterocycles. The number of carbonyl (C=O) groups excluding carboxylic acids is 1. The fourth-order valence-corrected chi connectivity index (χ4v) is 4.55. The Kier molecular flexibility index (Phi) is 7.46. The predicted octanol–water partition coefficient (Wildman–Crippen LogP) is 4.22. The van der Waals surface area contributed by atoms with E-state index in [-0.39, 0.29) is 11.4 Å². The van der Waals surface area contributed by atoms with Gasteiger partial charge in [0.05, 0.1) is 12.2 Å². The number of aromatic amines is 2. The highest BCUT2D eigenvalue weighted by Crippen LogP contribution is 2.24. The van der Waals surface area contributed by atoms with E-state index in [9.17, 15) is 14.4 Å². The van der Waals surface area contributed by atoms with Crippen LogP contribution in [0.3, 0.4) is 0 Å². The van der Waals surface area contributed by atoms with Crippen LogP contribution >= 0.6 is 0 Å². The van der Waals surface area contributed by atoms with Crippen LogP contribution in [0.1, 0.15) is 40.1 Å². The van der Waals surface area contributed by atoms with E-state index < -0.39 is 23.2 Å². The Bertz CT molecular complexity index is 1780. The minimum atomic E-state index is -0.806. The van der Waals surface area contributed by atoms with Gasteiger partial charge in [-0.25, -0.2) is 4.79 Å². The summed E-state index contributed by atoms with van der Waals surface area (Å²) in [6.07, 6.45) is 4.68. The number of nitrogens with one attached hydrogen (secondary N) is 3. The average molecular weight is 535 g/mol. The summed E-state index contributed by atoms with van der Waals surface area (Å²) < 4.78 is 1.93. The van der Waals surface area contributed by atoms with Crippen molar-refractivity contribution in [3.63, 3.8) is 0 Å². The Morgan fingerprint density at radius 2 is 1.68 bits per heavy atom. The van der Waals surface area contributed by atoms with Gasteiger partial charge in [0, 0.05) is 18.3 Å². The number of nitrogens with two attached hydrogens (primary N) is 1. The lowest BCUT2D eigenvalue weighted by Gasteiger charge is -2.15. The molecule has 5 rings (SSSR count). The average Bonchev–Trinajstić information content (AvgIpc) is 3.43. The third kappa shape index (κ3) is 5.94. The highest BCUT2D eigenvalue weighted by atomic mass is 16.2. The molecule has 0 bridgehead atoms. The summed E-state index contributed by atoms with van der Waals surface area (Å²) in [6.45, 7) is 4.63. The zero-order valence-corrected chi connectivity index (χ0v) is 22.3. The molecule has 1 amide bonds. The lowest BCUT2D eigenvalue weighted by atomic mass is 10.0. The third-order valence-electron chi connectivity index (χ3n) is 6.85. The van der Waals surface area contributed by atoms with Gasteiger partial charge in [0.15, 0.2) is 0 Å². The first-order valence-corrected chi connectivity index (χ1v) is 13.0. The van der Waals surface area contributed by atoms with E-state index in [1.54, 1.807) is 0 Å². The van der Waals surface area contributed by atoms with Crippen molar-refractivity contribution >= 4 is 11.6 Å². The van der Waals surface area contributed by atoms with Crippen molar-refractivity contribution in [2.24, 2.45) is 0 Å². The molecule has 0 saturated carbocycles. The van der Waals surface area contributed by atoms with Gasteiger partial charge in [-0.2, -0.15) is 5.10 Å². The van der Waals surface area contributed by atoms with Gasteiger partial charge in [0.1, 0.15) is 11.4 Å². The third-order valence-corrected chi connectivity index (χ3v) is 6.85. The number of aromatic nitrogens is 4. The van der Waals surface area contributed by atoms with Crippen molar-refractivity contribution in [2.45, 2.75) is 32.9 Å². The van der Waals surface area contributed by atoms with Gasteiger partial charge >= 0.3 is 5.69 Å². The minimum Gasteiger partial charge on any atom is -0.392 e. The first kappa shape index (κ1) is 26.4. The summed E-state index contributed by atoms with van der Waals surface area (Å²) in [5.74, 6) is -0.641. The van der Waals surface area contributed by atoms with E-state index in [1.807, 2.05) is 53.2 Å². The first-order valence-electron chi connectivity index (χ1n) is 13.0. The molecule has 2 aromatic heterocycles. The first-order chi connectivity index (χ1) is 19.3. The molecule has 202 valence electrons. The number of H-pyrrole nitrogens is 2. The molecule has 1 atom stereocenters. The van der Waals surface area contributed by atoms with E-state index in [0.29, 0.717) is 0 Å². The molecule has 0 aliphatic heterocycles. The summed E-state index contributed by atoms with van der Waals surface area (Å²) in [5, 5.41) is 7.34. The maximum Gasteiger partial charge on any atom is 0.326 e. The van der Waals surface area contributed by atoms with Crippen molar-refractivity contribution in [1.82, 2.24) is 25.1 Å². The van der Waals surface area contributed by atoms with Crippen LogP contribution in [0.15, 0.2) is 94.8 Å². The number of hydrogen-bond donors (Lipinski definition) is 4. The summed E-state index contributed by atoms with van der Waals surface area (Å²) >= 11 is 0. The van der Waals surface area contributed by atoms with E-state index >= 15 is 0 Å². The lowest BCUT2D eigenvalue weighted by Crippen LogP contribution is -2.34. The molecule has 5 aromatic rings. The number of amides is 1. The molecule has 3 aromatic carbocycles. The molecule has 0 spiro atoms. The standard InChI is InChI=1S/C31H30N6O3/c1-19-9-11-22(12-10-19)24-7-3-5-21(15-24)13-14-37-18-26(17-33-37)25-8-4-6-23(16-25)20(2)34-30(39)28-27(32)29(38)36-31(40)35-28/h3-12,15-18,20H,13-14,32H2,1-2H3,(H,34,39)(H2,35,36,38,40)/t20-/m1/s1. The molecule has 2 heterocycles. The molecule has 0 aliphatic carbocycles. The quantitative estimate of drug-likeness (QED) is 0.236. The molecule has 5 N–H and O–H groups in total. The highest BCUT2D eigenvalue weighted by molar-refractivity contribution is 5.97. The van der Waals surface area contributed by atoms with Crippen molar-refractivity contribution in [3.05, 3.63) is 128 Å². The number of nitrogen functional groups attached to an aromatic ring is 1. The van der Waals surface area contributed by atoms with Crippen LogP contribution in [0.2, 0.25) is 0 Å². The topological polar surface area (TPSA) is 139 Å². The van der Waals surface area contributed by atoms with Crippen molar-refractivity contribution in [1.29, 1.82) is 0 Å². The number of benzene rings is 3. The maximum absolute atomic E-state index is 12.7. The normalized spacial score (nSPS) is 11.8. The number of aryl methyl sites for hydroxylation is 3. The minimum absolute atomic E-state index is 0.262. The number of hydrogen-bond acceptors (Lipinski definition) is 5. The highest BCUT2D eigenvalue weighted by Gasteiger charge is 2.17. The van der Waals surface area contributed by atoms with Gasteiger partial charge in [-0.15, -0.1) is 0 Å². The van der Waals surface area contributed by atoms with Gasteiger partial charge in [-0.1, -0.05) is 72.3 Å². The molecule has 0 fully saturated rings. The summed E-state index contributed by atoms with van der Waals surface area (Å²) in [6, 6.07) is 24.5. The van der Waals surface area contributed by atoms with Gasteiger partial charge in [0.2, 0.25) is 0 Å². The Morgan fingerprint density at radius 1 is 0.950 bits per heavy atom. The van der Waals surface area contributed by atoms with Crippen LogP contribution in [0.4, 0.5) is 5.69 Å². The molecular formula is C31H30N6O3. The molecule has 0 unspecified atom stereocenters. The van der Waals surface area contributed by atoms with Crippen LogP contribution in [-0.2, 0) is 13.0 Å². The summed E-state index contributed by atoms with van der Waals surface area (Å²) in [4.78, 5) is 40.3. The molecule has 40 heavy (non-hydrogen) atoms. The summed E-state index contributed by atoms with van der Waals surface area (Å²) in [5.41, 5.74) is 11.1. The molecule has 0 aliphatic rings. The van der Waals surface area contributed by atoms with E-state index in [1.165, 1.54) is 22.3 Å². The number of nitrogens with zero attached hydrogens (tertiary/aromatic N) is 2. The fraction of sp³-hybridized carbons (Fsp3) is 0.161. The second-order valence-corrected chi connectivity index (χ2v) is 9.83. The van der Waals surface area contributed by atoms with Crippen LogP contribution in [0.5, 0.6) is 0 Å². The van der Waals surface area contributed by atoms with Gasteiger partial charge < -0.3 is 16.0 Å². The second kappa shape index (κ2) is 11.3. The number of rotatable bonds is 8. The van der Waals surface area contributed by atoms with Crippen molar-refractivity contribution in [3.8, 4) is 22.3 Å². The number of carbonyl (C=O) groups is 1. The largest absolute Gasteiger partial charge is 0.392 e. The molecule has 9 heteroatoms. The monoisotopic (exact) mass is 534 g/mol. The summed E-state index contributed by atoms with van der Waals surface area (Å²) in [7, 11) is 0. The lowest BCUT2D eigenvalue weighted by molar-refractivity contribution is 0.0935. The maximum atomic E-state index is 12.7. The van der Waals surface area contributed by atoms with Crippen molar-refractivity contribution < 1.29 is 4.79 Å². The van der Waals surface area contributed by atoms with Crippen LogP contribution in [-0.4, -0.2) is 25.7 Å². The van der Waals surface area contributed by atoms with Crippen LogP contribution in [0.25, 0.3) is 22.3 Å². The Labute approximate surface area is 230 Å².